The average molecular weight is 381 g/mol. The maximum atomic E-state index is 12.3. The lowest BCUT2D eigenvalue weighted by Gasteiger charge is -2.11. The molecule has 1 aliphatic heterocycles. The number of hydrazone groups is 1. The summed E-state index contributed by atoms with van der Waals surface area (Å²) in [4.78, 5) is 34.6. The summed E-state index contributed by atoms with van der Waals surface area (Å²) in [6.07, 6.45) is 0.533. The Bertz CT molecular complexity index is 911. The van der Waals surface area contributed by atoms with Gasteiger partial charge >= 0.3 is 5.97 Å². The van der Waals surface area contributed by atoms with Crippen LogP contribution in [-0.2, 0) is 20.9 Å². The Hall–Kier alpha value is -3.55. The fraction of sp³-hybridized carbons (Fsp3) is 0.250. The molecule has 3 rings (SSSR count). The van der Waals surface area contributed by atoms with Crippen LogP contribution >= 0.6 is 0 Å². The van der Waals surface area contributed by atoms with Crippen LogP contribution < -0.4 is 0 Å². The summed E-state index contributed by atoms with van der Waals surface area (Å²) in [6.45, 7) is 0.276. The fourth-order valence-electron chi connectivity index (χ4n) is 2.85. The Labute approximate surface area is 161 Å². The number of ether oxygens (including phenoxy) is 1. The summed E-state index contributed by atoms with van der Waals surface area (Å²) in [5.41, 5.74) is 2.02. The summed E-state index contributed by atoms with van der Waals surface area (Å²) in [6, 6.07) is 15.7. The third-order valence-corrected chi connectivity index (χ3v) is 4.32. The Morgan fingerprint density at radius 1 is 1.07 bits per heavy atom. The maximum absolute atomic E-state index is 12.3. The van der Waals surface area contributed by atoms with Crippen molar-refractivity contribution >= 4 is 23.3 Å². The minimum atomic E-state index is -0.585. The molecular weight excluding hydrogens is 362 g/mol. The molecule has 0 saturated carbocycles. The van der Waals surface area contributed by atoms with Gasteiger partial charge in [-0.1, -0.05) is 42.5 Å². The normalized spacial score (nSPS) is 13.1. The van der Waals surface area contributed by atoms with E-state index in [0.29, 0.717) is 18.5 Å². The number of amides is 1. The highest BCUT2D eigenvalue weighted by Crippen LogP contribution is 2.19. The number of nitrogens with zero attached hydrogens (tertiary/aromatic N) is 3. The van der Waals surface area contributed by atoms with Gasteiger partial charge in [0.25, 0.3) is 5.69 Å². The Morgan fingerprint density at radius 3 is 2.54 bits per heavy atom. The Morgan fingerprint density at radius 2 is 1.79 bits per heavy atom. The molecule has 0 bridgehead atoms. The molecule has 28 heavy (non-hydrogen) atoms. The summed E-state index contributed by atoms with van der Waals surface area (Å²) < 4.78 is 5.07. The average Bonchev–Trinajstić information content (AvgIpc) is 3.21. The van der Waals surface area contributed by atoms with Crippen molar-refractivity contribution < 1.29 is 19.2 Å². The van der Waals surface area contributed by atoms with Crippen LogP contribution in [0.1, 0.15) is 30.4 Å². The smallest absolute Gasteiger partial charge is 0.306 e. The molecule has 0 radical (unpaired) electrons. The molecule has 1 heterocycles. The van der Waals surface area contributed by atoms with Crippen LogP contribution in [0.15, 0.2) is 59.7 Å². The first-order valence-electron chi connectivity index (χ1n) is 8.86. The lowest BCUT2D eigenvalue weighted by molar-refractivity contribution is -0.385. The quantitative estimate of drug-likeness (QED) is 0.417. The van der Waals surface area contributed by atoms with E-state index in [4.69, 9.17) is 4.74 Å². The predicted octanol–water partition coefficient (Wildman–Crippen LogP) is 3.05. The van der Waals surface area contributed by atoms with Gasteiger partial charge in [-0.05, 0) is 11.6 Å². The van der Waals surface area contributed by atoms with Crippen LogP contribution in [0.3, 0.4) is 0 Å². The zero-order valence-electron chi connectivity index (χ0n) is 15.1. The minimum Gasteiger partial charge on any atom is -0.461 e. The Kier molecular flexibility index (Phi) is 6.11. The number of rotatable bonds is 7. The SMILES string of the molecule is O=C(CCC(=O)N1CCC(c2ccccc2)=N1)OCc1ccccc1[N+](=O)[O-]. The summed E-state index contributed by atoms with van der Waals surface area (Å²) in [7, 11) is 0. The molecule has 2 aromatic rings. The number of nitro groups is 1. The van der Waals surface area contributed by atoms with Gasteiger partial charge in [-0.3, -0.25) is 19.7 Å². The highest BCUT2D eigenvalue weighted by atomic mass is 16.6. The molecule has 0 fully saturated rings. The van der Waals surface area contributed by atoms with E-state index in [1.165, 1.54) is 17.1 Å². The second-order valence-corrected chi connectivity index (χ2v) is 6.23. The maximum Gasteiger partial charge on any atom is 0.306 e. The number of hydrogen-bond donors (Lipinski definition) is 0. The molecule has 0 unspecified atom stereocenters. The zero-order chi connectivity index (χ0) is 19.9. The largest absolute Gasteiger partial charge is 0.461 e. The number of hydrogen-bond acceptors (Lipinski definition) is 6. The minimum absolute atomic E-state index is 0.0265. The van der Waals surface area contributed by atoms with Crippen molar-refractivity contribution in [3.63, 3.8) is 0 Å². The van der Waals surface area contributed by atoms with Crippen molar-refractivity contribution in [2.75, 3.05) is 6.54 Å². The van der Waals surface area contributed by atoms with Crippen LogP contribution in [0.4, 0.5) is 5.69 Å². The predicted molar refractivity (Wildman–Crippen MR) is 101 cm³/mol. The number of benzene rings is 2. The monoisotopic (exact) mass is 381 g/mol. The zero-order valence-corrected chi connectivity index (χ0v) is 15.1. The molecule has 0 aromatic heterocycles. The van der Waals surface area contributed by atoms with Gasteiger partial charge in [-0.2, -0.15) is 5.10 Å². The van der Waals surface area contributed by atoms with Crippen molar-refractivity contribution in [2.24, 2.45) is 5.10 Å². The van der Waals surface area contributed by atoms with E-state index in [2.05, 4.69) is 5.10 Å². The number of esters is 1. The summed E-state index contributed by atoms with van der Waals surface area (Å²) in [5.74, 6) is -0.841. The first-order valence-corrected chi connectivity index (χ1v) is 8.86. The van der Waals surface area contributed by atoms with E-state index in [0.717, 1.165) is 11.3 Å². The lowest BCUT2D eigenvalue weighted by atomic mass is 10.1. The standard InChI is InChI=1S/C20H19N3O5/c24-19(22-13-12-17(21-22)15-6-2-1-3-7-15)10-11-20(25)28-14-16-8-4-5-9-18(16)23(26)27/h1-9H,10-14H2. The van der Waals surface area contributed by atoms with Crippen LogP contribution in [0.25, 0.3) is 0 Å². The van der Waals surface area contributed by atoms with Gasteiger partial charge in [-0.25, -0.2) is 5.01 Å². The molecule has 8 heteroatoms. The second kappa shape index (κ2) is 8.90. The third-order valence-electron chi connectivity index (χ3n) is 4.32. The number of nitro benzene ring substituents is 1. The van der Waals surface area contributed by atoms with E-state index in [9.17, 15) is 19.7 Å². The summed E-state index contributed by atoms with van der Waals surface area (Å²) >= 11 is 0. The van der Waals surface area contributed by atoms with Gasteiger partial charge in [0, 0.05) is 18.9 Å². The summed E-state index contributed by atoms with van der Waals surface area (Å²) in [5, 5.41) is 16.7. The van der Waals surface area contributed by atoms with E-state index in [-0.39, 0.29) is 31.0 Å². The number of para-hydroxylation sites is 1. The van der Waals surface area contributed by atoms with Gasteiger partial charge < -0.3 is 4.74 Å². The van der Waals surface area contributed by atoms with Crippen molar-refractivity contribution in [3.8, 4) is 0 Å². The first kappa shape index (κ1) is 19.2. The molecule has 2 aromatic carbocycles. The molecule has 8 nitrogen and oxygen atoms in total. The topological polar surface area (TPSA) is 102 Å². The van der Waals surface area contributed by atoms with E-state index in [1.807, 2.05) is 30.3 Å². The van der Waals surface area contributed by atoms with E-state index < -0.39 is 10.9 Å². The Balaban J connectivity index is 1.48. The highest BCUT2D eigenvalue weighted by Gasteiger charge is 2.22. The molecule has 0 spiro atoms. The van der Waals surface area contributed by atoms with Crippen LogP contribution in [-0.4, -0.2) is 34.1 Å². The third kappa shape index (κ3) is 4.79. The van der Waals surface area contributed by atoms with Gasteiger partial charge in [0.05, 0.1) is 29.2 Å². The van der Waals surface area contributed by atoms with Gasteiger partial charge in [0.15, 0.2) is 0 Å². The number of carbonyl (C=O) groups is 2. The molecule has 0 N–H and O–H groups in total. The molecular formula is C20H19N3O5. The van der Waals surface area contributed by atoms with Crippen LogP contribution in [0.5, 0.6) is 0 Å². The van der Waals surface area contributed by atoms with Crippen molar-refractivity contribution in [3.05, 3.63) is 75.8 Å². The molecule has 1 amide bonds. The van der Waals surface area contributed by atoms with Gasteiger partial charge in [0.2, 0.25) is 5.91 Å². The number of carbonyl (C=O) groups excluding carboxylic acids is 2. The second-order valence-electron chi connectivity index (χ2n) is 6.23. The van der Waals surface area contributed by atoms with Gasteiger partial charge in [0.1, 0.15) is 6.61 Å². The lowest BCUT2D eigenvalue weighted by Crippen LogP contribution is -2.24. The van der Waals surface area contributed by atoms with E-state index >= 15 is 0 Å². The first-order chi connectivity index (χ1) is 13.5. The molecule has 0 atom stereocenters. The molecule has 0 saturated heterocycles. The van der Waals surface area contributed by atoms with Crippen LogP contribution in [0.2, 0.25) is 0 Å². The van der Waals surface area contributed by atoms with Crippen LogP contribution in [0, 0.1) is 10.1 Å². The highest BCUT2D eigenvalue weighted by molar-refractivity contribution is 6.02. The van der Waals surface area contributed by atoms with Crippen molar-refractivity contribution in [1.82, 2.24) is 5.01 Å². The molecule has 0 aliphatic carbocycles. The fourth-order valence-corrected chi connectivity index (χ4v) is 2.85. The van der Waals surface area contributed by atoms with Crippen molar-refractivity contribution in [1.29, 1.82) is 0 Å². The van der Waals surface area contributed by atoms with Gasteiger partial charge in [-0.15, -0.1) is 0 Å². The molecule has 144 valence electrons. The van der Waals surface area contributed by atoms with Crippen molar-refractivity contribution in [2.45, 2.75) is 25.9 Å². The molecule has 1 aliphatic rings. The van der Waals surface area contributed by atoms with E-state index in [1.54, 1.807) is 12.1 Å².